The molecule has 0 fully saturated rings. The molecule has 1 atom stereocenters. The number of para-hydroxylation sites is 1. The van der Waals surface area contributed by atoms with Crippen molar-refractivity contribution in [2.45, 2.75) is 32.9 Å². The maximum Gasteiger partial charge on any atom is 0.445 e. The van der Waals surface area contributed by atoms with E-state index in [9.17, 15) is 18.0 Å². The molecule has 0 aliphatic heterocycles. The number of benzene rings is 2. The predicted molar refractivity (Wildman–Crippen MR) is 134 cm³/mol. The number of hydrogen-bond donors (Lipinski definition) is 2. The van der Waals surface area contributed by atoms with E-state index in [1.807, 2.05) is 38.1 Å². The van der Waals surface area contributed by atoms with E-state index in [0.29, 0.717) is 31.1 Å². The molecule has 0 radical (unpaired) electrons. The second-order valence-corrected chi connectivity index (χ2v) is 9.09. The first kappa shape index (κ1) is 27.9. The van der Waals surface area contributed by atoms with Crippen LogP contribution in [0, 0.1) is 25.2 Å². The Morgan fingerprint density at radius 1 is 1.11 bits per heavy atom. The minimum absolute atomic E-state index is 0.231. The van der Waals surface area contributed by atoms with Crippen LogP contribution in [-0.4, -0.2) is 42.6 Å². The molecular weight excluding hydrogens is 509 g/mol. The van der Waals surface area contributed by atoms with Crippen molar-refractivity contribution in [2.24, 2.45) is 5.92 Å². The third-order valence-electron chi connectivity index (χ3n) is 5.40. The largest absolute Gasteiger partial charge is 0.493 e. The first-order chi connectivity index (χ1) is 17.6. The number of anilines is 1. The molecule has 3 aromatic rings. The lowest BCUT2D eigenvalue weighted by Crippen LogP contribution is -2.24. The Hall–Kier alpha value is -3.67. The summed E-state index contributed by atoms with van der Waals surface area (Å²) >= 11 is 0.231. The van der Waals surface area contributed by atoms with Crippen LogP contribution in [0.2, 0.25) is 0 Å². The number of nitrogens with zero attached hydrogens (tertiary/aromatic N) is 2. The van der Waals surface area contributed by atoms with Gasteiger partial charge in [-0.15, -0.1) is 10.2 Å². The Bertz CT molecular complexity index is 1210. The highest BCUT2D eigenvalue weighted by atomic mass is 32.1. The zero-order chi connectivity index (χ0) is 27.0. The molecule has 0 spiro atoms. The van der Waals surface area contributed by atoms with Gasteiger partial charge in [0.25, 0.3) is 0 Å². The second-order valence-electron chi connectivity index (χ2n) is 8.11. The van der Waals surface area contributed by atoms with Gasteiger partial charge in [0, 0.05) is 6.21 Å². The van der Waals surface area contributed by atoms with Gasteiger partial charge in [-0.2, -0.15) is 13.2 Å². The van der Waals surface area contributed by atoms with Gasteiger partial charge in [0.1, 0.15) is 19.0 Å². The van der Waals surface area contributed by atoms with Crippen molar-refractivity contribution in [3.8, 4) is 17.2 Å². The standard InChI is InChI=1S/C25H27F3N4O4S/c1-15-5-4-6-16(2)21(15)36-12-11-35-19-10-8-17(13-20(19)34-3)7-9-18(14-29)22(33)30-24-32-31-23(37-24)25(26,27)28/h4-6,8,10,13-14,18,29H,7,9,11-12H2,1-3H3,(H,30,32,33). The van der Waals surface area contributed by atoms with Gasteiger partial charge in [0.2, 0.25) is 16.0 Å². The highest BCUT2D eigenvalue weighted by Gasteiger charge is 2.36. The number of nitrogens with one attached hydrogen (secondary N) is 2. The molecule has 0 aliphatic carbocycles. The highest BCUT2D eigenvalue weighted by Crippen LogP contribution is 2.33. The minimum atomic E-state index is -4.64. The van der Waals surface area contributed by atoms with Crippen LogP contribution in [0.4, 0.5) is 18.3 Å². The molecule has 0 aliphatic rings. The number of hydrogen-bond acceptors (Lipinski definition) is 8. The van der Waals surface area contributed by atoms with Crippen molar-refractivity contribution in [3.05, 3.63) is 58.1 Å². The highest BCUT2D eigenvalue weighted by molar-refractivity contribution is 7.15. The molecule has 0 bridgehead atoms. The van der Waals surface area contributed by atoms with Crippen molar-refractivity contribution < 1.29 is 32.2 Å². The van der Waals surface area contributed by atoms with Crippen molar-refractivity contribution >= 4 is 28.6 Å². The summed E-state index contributed by atoms with van der Waals surface area (Å²) in [6.07, 6.45) is -3.01. The van der Waals surface area contributed by atoms with Gasteiger partial charge >= 0.3 is 6.18 Å². The van der Waals surface area contributed by atoms with E-state index >= 15 is 0 Å². The Labute approximate surface area is 216 Å². The summed E-state index contributed by atoms with van der Waals surface area (Å²) in [7, 11) is 1.52. The Morgan fingerprint density at radius 2 is 1.81 bits per heavy atom. The van der Waals surface area contributed by atoms with E-state index in [1.165, 1.54) is 7.11 Å². The smallest absolute Gasteiger partial charge is 0.445 e. The average Bonchev–Trinajstić information content (AvgIpc) is 3.33. The van der Waals surface area contributed by atoms with E-state index in [0.717, 1.165) is 28.7 Å². The zero-order valence-corrected chi connectivity index (χ0v) is 21.3. The number of aryl methyl sites for hydroxylation is 3. The lowest BCUT2D eigenvalue weighted by atomic mass is 9.99. The topological polar surface area (TPSA) is 106 Å². The monoisotopic (exact) mass is 536 g/mol. The maximum absolute atomic E-state index is 12.7. The van der Waals surface area contributed by atoms with E-state index in [2.05, 4.69) is 15.5 Å². The Balaban J connectivity index is 1.53. The van der Waals surface area contributed by atoms with Crippen molar-refractivity contribution in [2.75, 3.05) is 25.6 Å². The molecule has 1 aromatic heterocycles. The van der Waals surface area contributed by atoms with Crippen molar-refractivity contribution in [1.29, 1.82) is 5.41 Å². The summed E-state index contributed by atoms with van der Waals surface area (Å²) in [5, 5.41) is 14.8. The number of amides is 1. The summed E-state index contributed by atoms with van der Waals surface area (Å²) in [5.41, 5.74) is 2.94. The lowest BCUT2D eigenvalue weighted by Gasteiger charge is -2.15. The van der Waals surface area contributed by atoms with Gasteiger partial charge in [0.15, 0.2) is 11.5 Å². The van der Waals surface area contributed by atoms with Crippen LogP contribution in [0.1, 0.15) is 28.1 Å². The van der Waals surface area contributed by atoms with Gasteiger partial charge in [-0.3, -0.25) is 10.1 Å². The molecule has 3 rings (SSSR count). The summed E-state index contributed by atoms with van der Waals surface area (Å²) in [6, 6.07) is 11.3. The Morgan fingerprint density at radius 3 is 2.43 bits per heavy atom. The quantitative estimate of drug-likeness (QED) is 0.235. The number of alkyl halides is 3. The maximum atomic E-state index is 12.7. The second kappa shape index (κ2) is 12.5. The zero-order valence-electron chi connectivity index (χ0n) is 20.5. The van der Waals surface area contributed by atoms with Crippen LogP contribution in [0.5, 0.6) is 17.2 Å². The molecular formula is C25H27F3N4O4S. The van der Waals surface area contributed by atoms with Crippen molar-refractivity contribution in [1.82, 2.24) is 10.2 Å². The molecule has 2 aromatic carbocycles. The van der Waals surface area contributed by atoms with Crippen LogP contribution in [0.25, 0.3) is 0 Å². The van der Waals surface area contributed by atoms with Crippen LogP contribution in [-0.2, 0) is 17.4 Å². The molecule has 1 heterocycles. The van der Waals surface area contributed by atoms with Gasteiger partial charge < -0.3 is 19.6 Å². The molecule has 1 unspecified atom stereocenters. The first-order valence-electron chi connectivity index (χ1n) is 11.3. The van der Waals surface area contributed by atoms with Gasteiger partial charge in [-0.25, -0.2) is 0 Å². The number of methoxy groups -OCH3 is 1. The number of carbonyl (C=O) groups is 1. The van der Waals surface area contributed by atoms with Crippen LogP contribution in [0.15, 0.2) is 36.4 Å². The SMILES string of the molecule is COc1cc(CCC(C=N)C(=O)Nc2nnc(C(F)(F)F)s2)ccc1OCCOc1c(C)cccc1C. The minimum Gasteiger partial charge on any atom is -0.493 e. The van der Waals surface area contributed by atoms with Crippen LogP contribution >= 0.6 is 11.3 Å². The van der Waals surface area contributed by atoms with E-state index in [-0.39, 0.29) is 22.9 Å². The van der Waals surface area contributed by atoms with Crippen LogP contribution in [0.3, 0.4) is 0 Å². The molecule has 2 N–H and O–H groups in total. The number of aromatic nitrogens is 2. The third-order valence-corrected chi connectivity index (χ3v) is 6.29. The fraction of sp³-hybridized carbons (Fsp3) is 0.360. The summed E-state index contributed by atoms with van der Waals surface area (Å²) in [4.78, 5) is 12.4. The molecule has 198 valence electrons. The predicted octanol–water partition coefficient (Wildman–Crippen LogP) is 5.48. The first-order valence-corrected chi connectivity index (χ1v) is 12.1. The fourth-order valence-corrected chi connectivity index (χ4v) is 4.12. The van der Waals surface area contributed by atoms with Gasteiger partial charge in [-0.05, 0) is 55.5 Å². The van der Waals surface area contributed by atoms with E-state index in [4.69, 9.17) is 19.6 Å². The molecule has 0 saturated carbocycles. The third kappa shape index (κ3) is 7.66. The average molecular weight is 537 g/mol. The molecule has 1 amide bonds. The number of halogens is 3. The van der Waals surface area contributed by atoms with Gasteiger partial charge in [-0.1, -0.05) is 35.6 Å². The molecule has 0 saturated heterocycles. The summed E-state index contributed by atoms with van der Waals surface area (Å²) in [5.74, 6) is 0.395. The normalized spacial score (nSPS) is 12.1. The number of carbonyl (C=O) groups excluding carboxylic acids is 1. The molecule has 37 heavy (non-hydrogen) atoms. The number of ether oxygens (including phenoxy) is 3. The fourth-order valence-electron chi connectivity index (χ4n) is 3.51. The molecule has 12 heteroatoms. The lowest BCUT2D eigenvalue weighted by molar-refractivity contribution is -0.138. The van der Waals surface area contributed by atoms with E-state index in [1.54, 1.807) is 12.1 Å². The van der Waals surface area contributed by atoms with E-state index < -0.39 is 23.0 Å². The van der Waals surface area contributed by atoms with Crippen molar-refractivity contribution in [3.63, 3.8) is 0 Å². The van der Waals surface area contributed by atoms with Crippen LogP contribution < -0.4 is 19.5 Å². The summed E-state index contributed by atoms with van der Waals surface area (Å²) in [6.45, 7) is 4.63. The molecule has 8 nitrogen and oxygen atoms in total. The van der Waals surface area contributed by atoms with Gasteiger partial charge in [0.05, 0.1) is 13.0 Å². The number of rotatable bonds is 12. The summed E-state index contributed by atoms with van der Waals surface area (Å²) < 4.78 is 55.2. The Kier molecular flexibility index (Phi) is 9.45.